The van der Waals surface area contributed by atoms with Gasteiger partial charge in [-0.2, -0.15) is 0 Å². The molecule has 0 aromatic carbocycles. The van der Waals surface area contributed by atoms with Crippen molar-refractivity contribution in [2.24, 2.45) is 0 Å². The average Bonchev–Trinajstić information content (AvgIpc) is 2.28. The highest BCUT2D eigenvalue weighted by molar-refractivity contribution is 6.29. The van der Waals surface area contributed by atoms with Gasteiger partial charge in [0.1, 0.15) is 16.8 Å². The fourth-order valence-electron chi connectivity index (χ4n) is 1.77. The molecule has 1 aromatic heterocycles. The quantitative estimate of drug-likeness (QED) is 0.723. The molecule has 0 aliphatic heterocycles. The molecule has 1 heterocycles. The highest BCUT2D eigenvalue weighted by Crippen LogP contribution is 2.20. The molecule has 0 saturated carbocycles. The molecule has 0 spiro atoms. The summed E-state index contributed by atoms with van der Waals surface area (Å²) >= 11 is 6.00. The fraction of sp³-hybridized carbons (Fsp3) is 0.692. The molecule has 0 saturated heterocycles. The zero-order chi connectivity index (χ0) is 12.8. The van der Waals surface area contributed by atoms with Crippen molar-refractivity contribution in [1.82, 2.24) is 9.97 Å². The van der Waals surface area contributed by atoms with Crippen molar-refractivity contribution in [3.63, 3.8) is 0 Å². The SMILES string of the molecule is CCCCN(c1cc(Cl)nc(C)n1)C(C)CC. The second-order valence-corrected chi connectivity index (χ2v) is 4.79. The molecule has 0 bridgehead atoms. The van der Waals surface area contributed by atoms with Gasteiger partial charge in [0.2, 0.25) is 0 Å². The van der Waals surface area contributed by atoms with Crippen LogP contribution in [0.25, 0.3) is 0 Å². The normalized spacial score (nSPS) is 12.5. The molecule has 0 aliphatic carbocycles. The predicted octanol–water partition coefficient (Wildman–Crippen LogP) is 3.84. The van der Waals surface area contributed by atoms with Crippen LogP contribution >= 0.6 is 11.6 Å². The van der Waals surface area contributed by atoms with Crippen LogP contribution in [-0.2, 0) is 0 Å². The van der Waals surface area contributed by atoms with Gasteiger partial charge in [0.15, 0.2) is 0 Å². The molecular formula is C13H22ClN3. The summed E-state index contributed by atoms with van der Waals surface area (Å²) in [7, 11) is 0. The third kappa shape index (κ3) is 4.15. The zero-order valence-corrected chi connectivity index (χ0v) is 12.0. The van der Waals surface area contributed by atoms with Gasteiger partial charge in [-0.1, -0.05) is 31.9 Å². The van der Waals surface area contributed by atoms with Crippen LogP contribution in [0.5, 0.6) is 0 Å². The lowest BCUT2D eigenvalue weighted by atomic mass is 10.2. The van der Waals surface area contributed by atoms with Crippen LogP contribution in [0.15, 0.2) is 6.07 Å². The first-order valence-electron chi connectivity index (χ1n) is 6.36. The van der Waals surface area contributed by atoms with Gasteiger partial charge in [-0.3, -0.25) is 0 Å². The number of anilines is 1. The van der Waals surface area contributed by atoms with E-state index in [1.807, 2.05) is 13.0 Å². The van der Waals surface area contributed by atoms with Gasteiger partial charge >= 0.3 is 0 Å². The number of aromatic nitrogens is 2. The van der Waals surface area contributed by atoms with E-state index in [1.165, 1.54) is 12.8 Å². The van der Waals surface area contributed by atoms with Crippen LogP contribution < -0.4 is 4.90 Å². The van der Waals surface area contributed by atoms with E-state index in [0.29, 0.717) is 11.2 Å². The average molecular weight is 256 g/mol. The molecule has 1 rings (SSSR count). The number of hydrogen-bond acceptors (Lipinski definition) is 3. The van der Waals surface area contributed by atoms with Crippen molar-refractivity contribution >= 4 is 17.4 Å². The minimum atomic E-state index is 0.479. The molecule has 17 heavy (non-hydrogen) atoms. The number of hydrogen-bond donors (Lipinski definition) is 0. The predicted molar refractivity (Wildman–Crippen MR) is 73.8 cm³/mol. The van der Waals surface area contributed by atoms with Crippen LogP contribution in [0, 0.1) is 6.92 Å². The number of aryl methyl sites for hydroxylation is 1. The van der Waals surface area contributed by atoms with E-state index in [0.717, 1.165) is 24.6 Å². The molecule has 0 N–H and O–H groups in total. The highest BCUT2D eigenvalue weighted by atomic mass is 35.5. The third-order valence-corrected chi connectivity index (χ3v) is 3.16. The van der Waals surface area contributed by atoms with Gasteiger partial charge < -0.3 is 4.90 Å². The Morgan fingerprint density at radius 3 is 2.59 bits per heavy atom. The summed E-state index contributed by atoms with van der Waals surface area (Å²) in [6, 6.07) is 2.34. The zero-order valence-electron chi connectivity index (χ0n) is 11.2. The minimum Gasteiger partial charge on any atom is -0.354 e. The lowest BCUT2D eigenvalue weighted by Gasteiger charge is -2.29. The number of halogens is 1. The fourth-order valence-corrected chi connectivity index (χ4v) is 1.99. The topological polar surface area (TPSA) is 29.0 Å². The molecule has 1 aromatic rings. The van der Waals surface area contributed by atoms with Crippen molar-refractivity contribution < 1.29 is 0 Å². The summed E-state index contributed by atoms with van der Waals surface area (Å²) in [6.45, 7) is 9.52. The maximum Gasteiger partial charge on any atom is 0.134 e. The number of rotatable bonds is 6. The molecule has 4 heteroatoms. The van der Waals surface area contributed by atoms with E-state index >= 15 is 0 Å². The molecule has 96 valence electrons. The van der Waals surface area contributed by atoms with E-state index in [1.54, 1.807) is 0 Å². The molecule has 0 fully saturated rings. The molecule has 1 unspecified atom stereocenters. The van der Waals surface area contributed by atoms with Gasteiger partial charge in [-0.05, 0) is 26.7 Å². The summed E-state index contributed by atoms with van der Waals surface area (Å²) < 4.78 is 0. The second kappa shape index (κ2) is 6.80. The van der Waals surface area contributed by atoms with E-state index in [9.17, 15) is 0 Å². The van der Waals surface area contributed by atoms with E-state index in [2.05, 4.69) is 35.6 Å². The lowest BCUT2D eigenvalue weighted by molar-refractivity contribution is 0.588. The van der Waals surface area contributed by atoms with Crippen molar-refractivity contribution in [3.05, 3.63) is 17.0 Å². The van der Waals surface area contributed by atoms with Crippen LogP contribution in [0.3, 0.4) is 0 Å². The summed E-state index contributed by atoms with van der Waals surface area (Å²) in [6.07, 6.45) is 3.46. The maximum absolute atomic E-state index is 6.00. The Hall–Kier alpha value is -0.830. The van der Waals surface area contributed by atoms with Gasteiger partial charge in [-0.15, -0.1) is 0 Å². The number of unbranched alkanes of at least 4 members (excludes halogenated alkanes) is 1. The van der Waals surface area contributed by atoms with Gasteiger partial charge in [0.05, 0.1) is 0 Å². The molecule has 3 nitrogen and oxygen atoms in total. The van der Waals surface area contributed by atoms with Crippen molar-refractivity contribution in [2.45, 2.75) is 53.0 Å². The largest absolute Gasteiger partial charge is 0.354 e. The molecular weight excluding hydrogens is 234 g/mol. The summed E-state index contributed by atoms with van der Waals surface area (Å²) in [5.41, 5.74) is 0. The summed E-state index contributed by atoms with van der Waals surface area (Å²) in [5.74, 6) is 1.68. The van der Waals surface area contributed by atoms with E-state index in [4.69, 9.17) is 11.6 Å². The Labute approximate surface area is 109 Å². The molecule has 0 radical (unpaired) electrons. The van der Waals surface area contributed by atoms with Crippen molar-refractivity contribution in [3.8, 4) is 0 Å². The van der Waals surface area contributed by atoms with Crippen LogP contribution in [-0.4, -0.2) is 22.6 Å². The van der Waals surface area contributed by atoms with Crippen LogP contribution in [0.2, 0.25) is 5.15 Å². The summed E-state index contributed by atoms with van der Waals surface area (Å²) in [4.78, 5) is 10.9. The Balaban J connectivity index is 2.94. The maximum atomic E-state index is 6.00. The first-order valence-corrected chi connectivity index (χ1v) is 6.74. The standard InChI is InChI=1S/C13H22ClN3/c1-5-7-8-17(10(3)6-2)13-9-12(14)15-11(4)16-13/h9-10H,5-8H2,1-4H3. The molecule has 1 atom stereocenters. The Morgan fingerprint density at radius 1 is 1.35 bits per heavy atom. The Kier molecular flexibility index (Phi) is 5.69. The molecule has 0 aliphatic rings. The van der Waals surface area contributed by atoms with Gasteiger partial charge in [0.25, 0.3) is 0 Å². The van der Waals surface area contributed by atoms with E-state index < -0.39 is 0 Å². The van der Waals surface area contributed by atoms with Crippen LogP contribution in [0.4, 0.5) is 5.82 Å². The first-order chi connectivity index (χ1) is 8.08. The Bertz CT molecular complexity index is 334. The third-order valence-electron chi connectivity index (χ3n) is 2.96. The summed E-state index contributed by atoms with van der Waals surface area (Å²) in [5, 5.41) is 0.525. The number of nitrogens with zero attached hydrogens (tertiary/aromatic N) is 3. The second-order valence-electron chi connectivity index (χ2n) is 4.40. The minimum absolute atomic E-state index is 0.479. The van der Waals surface area contributed by atoms with Crippen molar-refractivity contribution in [2.75, 3.05) is 11.4 Å². The monoisotopic (exact) mass is 255 g/mol. The molecule has 0 amide bonds. The first kappa shape index (κ1) is 14.2. The van der Waals surface area contributed by atoms with Gasteiger partial charge in [0, 0.05) is 18.7 Å². The van der Waals surface area contributed by atoms with Gasteiger partial charge in [-0.25, -0.2) is 9.97 Å². The van der Waals surface area contributed by atoms with Crippen LogP contribution in [0.1, 0.15) is 45.9 Å². The Morgan fingerprint density at radius 2 is 2.06 bits per heavy atom. The smallest absolute Gasteiger partial charge is 0.134 e. The van der Waals surface area contributed by atoms with Crippen molar-refractivity contribution in [1.29, 1.82) is 0 Å². The highest BCUT2D eigenvalue weighted by Gasteiger charge is 2.14. The lowest BCUT2D eigenvalue weighted by Crippen LogP contribution is -2.34. The van der Waals surface area contributed by atoms with E-state index in [-0.39, 0.29) is 0 Å².